The van der Waals surface area contributed by atoms with Crippen molar-refractivity contribution in [2.75, 3.05) is 23.8 Å². The molecule has 2 aromatic rings. The van der Waals surface area contributed by atoms with Crippen LogP contribution in [0.2, 0.25) is 0 Å². The number of rotatable bonds is 5. The van der Waals surface area contributed by atoms with Crippen LogP contribution in [0.25, 0.3) is 5.70 Å². The van der Waals surface area contributed by atoms with Crippen LogP contribution in [-0.4, -0.2) is 19.2 Å². The molecule has 1 heterocycles. The van der Waals surface area contributed by atoms with E-state index in [2.05, 4.69) is 22.0 Å². The number of anilines is 2. The Hall–Kier alpha value is -2.95. The Bertz CT molecular complexity index is 721. The highest BCUT2D eigenvalue weighted by molar-refractivity contribution is 5.99. The van der Waals surface area contributed by atoms with E-state index >= 15 is 0 Å². The number of urea groups is 1. The fourth-order valence-electron chi connectivity index (χ4n) is 2.54. The molecule has 0 fully saturated rings. The summed E-state index contributed by atoms with van der Waals surface area (Å²) in [4.78, 5) is 12.1. The molecule has 5 nitrogen and oxygen atoms in total. The lowest BCUT2D eigenvalue weighted by molar-refractivity contribution is 0.262. The SMILES string of the molecule is CCOc1ccc(NC(=O)Nc2ccc(C3=CCCN3)cc2)cc1. The summed E-state index contributed by atoms with van der Waals surface area (Å²) < 4.78 is 5.38. The van der Waals surface area contributed by atoms with Gasteiger partial charge in [-0.3, -0.25) is 0 Å². The molecule has 0 bridgehead atoms. The fraction of sp³-hybridized carbons (Fsp3) is 0.211. The highest BCUT2D eigenvalue weighted by atomic mass is 16.5. The maximum atomic E-state index is 12.1. The summed E-state index contributed by atoms with van der Waals surface area (Å²) in [5.41, 5.74) is 3.75. The van der Waals surface area contributed by atoms with Crippen LogP contribution in [-0.2, 0) is 0 Å². The Morgan fingerprint density at radius 2 is 1.67 bits per heavy atom. The van der Waals surface area contributed by atoms with Crippen molar-refractivity contribution in [3.63, 3.8) is 0 Å². The van der Waals surface area contributed by atoms with Crippen molar-refractivity contribution in [1.29, 1.82) is 0 Å². The Morgan fingerprint density at radius 1 is 1.04 bits per heavy atom. The second-order valence-corrected chi connectivity index (χ2v) is 5.45. The molecule has 0 saturated heterocycles. The van der Waals surface area contributed by atoms with Crippen molar-refractivity contribution in [3.05, 3.63) is 60.2 Å². The van der Waals surface area contributed by atoms with Crippen LogP contribution in [0, 0.1) is 0 Å². The predicted octanol–water partition coefficient (Wildman–Crippen LogP) is 4.06. The molecule has 0 aliphatic carbocycles. The highest BCUT2D eigenvalue weighted by Gasteiger charge is 2.07. The molecular weight excluding hydrogens is 302 g/mol. The average Bonchev–Trinajstić information content (AvgIpc) is 3.12. The summed E-state index contributed by atoms with van der Waals surface area (Å²) in [6, 6.07) is 14.8. The second kappa shape index (κ2) is 7.55. The van der Waals surface area contributed by atoms with Crippen molar-refractivity contribution < 1.29 is 9.53 Å². The minimum atomic E-state index is -0.273. The van der Waals surface area contributed by atoms with Crippen molar-refractivity contribution in [1.82, 2.24) is 5.32 Å². The molecular formula is C19H21N3O2. The average molecular weight is 323 g/mol. The first-order valence-corrected chi connectivity index (χ1v) is 8.10. The third-order valence-electron chi connectivity index (χ3n) is 3.69. The molecule has 5 heteroatoms. The quantitative estimate of drug-likeness (QED) is 0.777. The van der Waals surface area contributed by atoms with E-state index in [9.17, 15) is 4.79 Å². The van der Waals surface area contributed by atoms with Crippen molar-refractivity contribution in [2.24, 2.45) is 0 Å². The Balaban J connectivity index is 1.56. The number of hydrogen-bond acceptors (Lipinski definition) is 3. The number of hydrogen-bond donors (Lipinski definition) is 3. The Kier molecular flexibility index (Phi) is 5.01. The third kappa shape index (κ3) is 4.07. The van der Waals surface area contributed by atoms with Crippen LogP contribution >= 0.6 is 0 Å². The van der Waals surface area contributed by atoms with Gasteiger partial charge in [0, 0.05) is 23.6 Å². The molecule has 24 heavy (non-hydrogen) atoms. The van der Waals surface area contributed by atoms with Gasteiger partial charge in [-0.2, -0.15) is 0 Å². The number of carbonyl (C=O) groups excluding carboxylic acids is 1. The van der Waals surface area contributed by atoms with E-state index < -0.39 is 0 Å². The van der Waals surface area contributed by atoms with Crippen LogP contribution in [0.5, 0.6) is 5.75 Å². The van der Waals surface area contributed by atoms with Gasteiger partial charge in [-0.25, -0.2) is 4.79 Å². The largest absolute Gasteiger partial charge is 0.494 e. The molecule has 124 valence electrons. The van der Waals surface area contributed by atoms with E-state index in [-0.39, 0.29) is 6.03 Å². The van der Waals surface area contributed by atoms with E-state index in [1.54, 1.807) is 0 Å². The summed E-state index contributed by atoms with van der Waals surface area (Å²) >= 11 is 0. The zero-order valence-corrected chi connectivity index (χ0v) is 13.6. The maximum absolute atomic E-state index is 12.1. The first-order chi connectivity index (χ1) is 11.7. The van der Waals surface area contributed by atoms with Crippen LogP contribution in [0.1, 0.15) is 18.9 Å². The molecule has 1 aliphatic heterocycles. The van der Waals surface area contributed by atoms with E-state index in [0.29, 0.717) is 12.3 Å². The monoisotopic (exact) mass is 323 g/mol. The number of amides is 2. The molecule has 2 amide bonds. The summed E-state index contributed by atoms with van der Waals surface area (Å²) in [5.74, 6) is 0.786. The molecule has 1 aliphatic rings. The van der Waals surface area contributed by atoms with Gasteiger partial charge in [0.15, 0.2) is 0 Å². The number of benzene rings is 2. The molecule has 0 spiro atoms. The topological polar surface area (TPSA) is 62.4 Å². The Morgan fingerprint density at radius 3 is 2.21 bits per heavy atom. The van der Waals surface area contributed by atoms with Gasteiger partial charge in [0.05, 0.1) is 6.61 Å². The smallest absolute Gasteiger partial charge is 0.323 e. The first-order valence-electron chi connectivity index (χ1n) is 8.10. The zero-order chi connectivity index (χ0) is 16.8. The second-order valence-electron chi connectivity index (χ2n) is 5.45. The number of ether oxygens (including phenoxy) is 1. The number of carbonyl (C=O) groups is 1. The van der Waals surface area contributed by atoms with E-state index in [1.165, 1.54) is 0 Å². The molecule has 0 radical (unpaired) electrons. The minimum Gasteiger partial charge on any atom is -0.494 e. The van der Waals surface area contributed by atoms with Gasteiger partial charge in [-0.05, 0) is 55.3 Å². The maximum Gasteiger partial charge on any atom is 0.323 e. The summed E-state index contributed by atoms with van der Waals surface area (Å²) in [5, 5.41) is 8.96. The summed E-state index contributed by atoms with van der Waals surface area (Å²) in [6.45, 7) is 3.54. The lowest BCUT2D eigenvalue weighted by atomic mass is 10.1. The van der Waals surface area contributed by atoms with Crippen LogP contribution in [0.15, 0.2) is 54.6 Å². The number of nitrogens with one attached hydrogen (secondary N) is 3. The molecule has 3 N–H and O–H groups in total. The van der Waals surface area contributed by atoms with Gasteiger partial charge in [0.25, 0.3) is 0 Å². The van der Waals surface area contributed by atoms with Crippen LogP contribution < -0.4 is 20.7 Å². The predicted molar refractivity (Wildman–Crippen MR) is 97.3 cm³/mol. The van der Waals surface area contributed by atoms with Gasteiger partial charge < -0.3 is 20.7 Å². The standard InChI is InChI=1S/C19H21N3O2/c1-2-24-17-11-9-16(10-12-17)22-19(23)21-15-7-5-14(6-8-15)18-4-3-13-20-18/h4-12,20H,2-3,13H2,1H3,(H2,21,22,23). The Labute approximate surface area is 141 Å². The minimum absolute atomic E-state index is 0.273. The van der Waals surface area contributed by atoms with E-state index in [0.717, 1.165) is 35.7 Å². The third-order valence-corrected chi connectivity index (χ3v) is 3.69. The summed E-state index contributed by atoms with van der Waals surface area (Å²) in [6.07, 6.45) is 3.24. The normalized spacial score (nSPS) is 13.0. The van der Waals surface area contributed by atoms with Gasteiger partial charge in [0.2, 0.25) is 0 Å². The first kappa shape index (κ1) is 15.9. The van der Waals surface area contributed by atoms with Crippen molar-refractivity contribution >= 4 is 23.1 Å². The van der Waals surface area contributed by atoms with Gasteiger partial charge in [-0.1, -0.05) is 18.2 Å². The van der Waals surface area contributed by atoms with Crippen molar-refractivity contribution in [3.8, 4) is 5.75 Å². The zero-order valence-electron chi connectivity index (χ0n) is 13.6. The lowest BCUT2D eigenvalue weighted by Gasteiger charge is -2.10. The van der Waals surface area contributed by atoms with Crippen LogP contribution in [0.4, 0.5) is 16.2 Å². The van der Waals surface area contributed by atoms with E-state index in [4.69, 9.17) is 4.74 Å². The van der Waals surface area contributed by atoms with Crippen LogP contribution in [0.3, 0.4) is 0 Å². The lowest BCUT2D eigenvalue weighted by Crippen LogP contribution is -2.19. The van der Waals surface area contributed by atoms with Crippen molar-refractivity contribution in [2.45, 2.75) is 13.3 Å². The van der Waals surface area contributed by atoms with Gasteiger partial charge in [0.1, 0.15) is 5.75 Å². The fourth-order valence-corrected chi connectivity index (χ4v) is 2.54. The molecule has 0 aromatic heterocycles. The highest BCUT2D eigenvalue weighted by Crippen LogP contribution is 2.19. The molecule has 3 rings (SSSR count). The molecule has 0 saturated carbocycles. The summed E-state index contributed by atoms with van der Waals surface area (Å²) in [7, 11) is 0. The molecule has 0 atom stereocenters. The molecule has 0 unspecified atom stereocenters. The van der Waals surface area contributed by atoms with Gasteiger partial charge in [-0.15, -0.1) is 0 Å². The van der Waals surface area contributed by atoms with Gasteiger partial charge >= 0.3 is 6.03 Å². The molecule has 2 aromatic carbocycles. The van der Waals surface area contributed by atoms with E-state index in [1.807, 2.05) is 55.5 Å².